The minimum Gasteiger partial charge on any atom is -0.543 e. The summed E-state index contributed by atoms with van der Waals surface area (Å²) in [5.74, 6) is 2.04. The topological polar surface area (TPSA) is 44.8 Å². The van der Waals surface area contributed by atoms with Gasteiger partial charge in [-0.25, -0.2) is 0 Å². The number of benzene rings is 2. The highest BCUT2D eigenvalue weighted by Gasteiger charge is 2.39. The van der Waals surface area contributed by atoms with Gasteiger partial charge in [-0.2, -0.15) is 0 Å². The molecule has 0 N–H and O–H groups in total. The molecule has 0 fully saturated rings. The molecule has 0 aliphatic rings. The number of rotatable bonds is 7. The van der Waals surface area contributed by atoms with E-state index in [9.17, 15) is 4.79 Å². The van der Waals surface area contributed by atoms with E-state index in [2.05, 4.69) is 40.4 Å². The maximum absolute atomic E-state index is 12.6. The summed E-state index contributed by atoms with van der Waals surface area (Å²) in [4.78, 5) is 12.6. The predicted molar refractivity (Wildman–Crippen MR) is 114 cm³/mol. The summed E-state index contributed by atoms with van der Waals surface area (Å²) in [5, 5.41) is 1.66. The van der Waals surface area contributed by atoms with Crippen LogP contribution in [0.15, 0.2) is 36.9 Å². The SMILES string of the molecule is C=CCC(=O)c1cc(O[Si](C)(C)C(C)(C)C)c2c(OC)ccc(OC)c2c1. The number of ketones is 1. The second-order valence-electron chi connectivity index (χ2n) is 8.15. The molecule has 146 valence electrons. The average molecular weight is 387 g/mol. The van der Waals surface area contributed by atoms with Crippen LogP contribution in [0, 0.1) is 0 Å². The second kappa shape index (κ2) is 7.77. The molecule has 2 aromatic rings. The summed E-state index contributed by atoms with van der Waals surface area (Å²) < 4.78 is 17.8. The summed E-state index contributed by atoms with van der Waals surface area (Å²) in [6.45, 7) is 14.6. The molecule has 0 saturated heterocycles. The minimum absolute atomic E-state index is 0.00291. The van der Waals surface area contributed by atoms with Crippen LogP contribution in [0.4, 0.5) is 0 Å². The van der Waals surface area contributed by atoms with Crippen molar-refractivity contribution in [3.63, 3.8) is 0 Å². The fourth-order valence-electron chi connectivity index (χ4n) is 2.65. The average Bonchev–Trinajstić information content (AvgIpc) is 2.59. The van der Waals surface area contributed by atoms with Gasteiger partial charge < -0.3 is 13.9 Å². The van der Waals surface area contributed by atoms with Crippen LogP contribution in [0.2, 0.25) is 18.1 Å². The molecule has 0 spiro atoms. The molecule has 0 heterocycles. The van der Waals surface area contributed by atoms with Crippen molar-refractivity contribution in [3.05, 3.63) is 42.5 Å². The molecule has 0 aromatic heterocycles. The van der Waals surface area contributed by atoms with E-state index in [1.165, 1.54) is 0 Å². The molecule has 2 rings (SSSR count). The normalized spacial score (nSPS) is 12.0. The maximum Gasteiger partial charge on any atom is 0.250 e. The first-order valence-electron chi connectivity index (χ1n) is 9.07. The van der Waals surface area contributed by atoms with E-state index < -0.39 is 8.32 Å². The van der Waals surface area contributed by atoms with Gasteiger partial charge in [0.25, 0.3) is 8.32 Å². The highest BCUT2D eigenvalue weighted by Crippen LogP contribution is 2.44. The van der Waals surface area contributed by atoms with Crippen LogP contribution >= 0.6 is 0 Å². The summed E-state index contributed by atoms with van der Waals surface area (Å²) in [6, 6.07) is 7.39. The van der Waals surface area contributed by atoms with E-state index in [-0.39, 0.29) is 17.2 Å². The van der Waals surface area contributed by atoms with E-state index >= 15 is 0 Å². The van der Waals surface area contributed by atoms with Gasteiger partial charge in [0.05, 0.1) is 19.6 Å². The lowest BCUT2D eigenvalue weighted by atomic mass is 10.0. The third kappa shape index (κ3) is 4.19. The Morgan fingerprint density at radius 3 is 2.19 bits per heavy atom. The van der Waals surface area contributed by atoms with E-state index in [0.29, 0.717) is 22.8 Å². The Morgan fingerprint density at radius 1 is 1.07 bits per heavy atom. The summed E-state index contributed by atoms with van der Waals surface area (Å²) in [7, 11) is 1.12. The molecule has 0 aliphatic carbocycles. The Balaban J connectivity index is 2.81. The van der Waals surface area contributed by atoms with Gasteiger partial charge >= 0.3 is 0 Å². The molecule has 5 heteroatoms. The molecule has 2 aromatic carbocycles. The molecular weight excluding hydrogens is 356 g/mol. The lowest BCUT2D eigenvalue weighted by Gasteiger charge is -2.37. The molecule has 0 unspecified atom stereocenters. The first kappa shape index (κ1) is 21.0. The summed E-state index contributed by atoms with van der Waals surface area (Å²) in [5.41, 5.74) is 0.586. The second-order valence-corrected chi connectivity index (χ2v) is 12.9. The number of carbonyl (C=O) groups is 1. The zero-order valence-corrected chi connectivity index (χ0v) is 18.4. The first-order valence-corrected chi connectivity index (χ1v) is 12.0. The predicted octanol–water partition coefficient (Wildman–Crippen LogP) is 6.00. The van der Waals surface area contributed by atoms with Gasteiger partial charge in [0.15, 0.2) is 5.78 Å². The highest BCUT2D eigenvalue weighted by atomic mass is 28.4. The van der Waals surface area contributed by atoms with Crippen molar-refractivity contribution in [3.8, 4) is 17.2 Å². The van der Waals surface area contributed by atoms with Gasteiger partial charge in [-0.1, -0.05) is 26.8 Å². The zero-order valence-electron chi connectivity index (χ0n) is 17.4. The van der Waals surface area contributed by atoms with Gasteiger partial charge in [0, 0.05) is 17.4 Å². The molecule has 0 atom stereocenters. The van der Waals surface area contributed by atoms with Gasteiger partial charge in [-0.15, -0.1) is 6.58 Å². The van der Waals surface area contributed by atoms with Gasteiger partial charge in [-0.3, -0.25) is 4.79 Å². The van der Waals surface area contributed by atoms with Crippen molar-refractivity contribution in [2.75, 3.05) is 14.2 Å². The van der Waals surface area contributed by atoms with Crippen LogP contribution in [0.25, 0.3) is 10.8 Å². The maximum atomic E-state index is 12.6. The molecule has 4 nitrogen and oxygen atoms in total. The Kier molecular flexibility index (Phi) is 6.05. The first-order chi connectivity index (χ1) is 12.6. The van der Waals surface area contributed by atoms with Crippen molar-refractivity contribution < 1.29 is 18.7 Å². The number of hydrogen-bond donors (Lipinski definition) is 0. The Morgan fingerprint density at radius 2 is 1.67 bits per heavy atom. The van der Waals surface area contributed by atoms with E-state index in [1.807, 2.05) is 24.3 Å². The highest BCUT2D eigenvalue weighted by molar-refractivity contribution is 6.74. The smallest absolute Gasteiger partial charge is 0.250 e. The zero-order chi connectivity index (χ0) is 20.4. The fraction of sp³-hybridized carbons (Fsp3) is 0.409. The number of carbonyl (C=O) groups excluding carboxylic acids is 1. The van der Waals surface area contributed by atoms with Crippen LogP contribution in [0.3, 0.4) is 0 Å². The lowest BCUT2D eigenvalue weighted by molar-refractivity contribution is 0.0996. The molecule has 0 radical (unpaired) electrons. The molecule has 0 aliphatic heterocycles. The Labute approximate surface area is 163 Å². The van der Waals surface area contributed by atoms with Crippen molar-refractivity contribution in [2.45, 2.75) is 45.3 Å². The number of fused-ring (bicyclic) bond motifs is 1. The fourth-order valence-corrected chi connectivity index (χ4v) is 3.67. The largest absolute Gasteiger partial charge is 0.543 e. The molecule has 0 amide bonds. The van der Waals surface area contributed by atoms with E-state index in [0.717, 1.165) is 10.8 Å². The summed E-state index contributed by atoms with van der Waals surface area (Å²) >= 11 is 0. The third-order valence-corrected chi connectivity index (χ3v) is 9.61. The quantitative estimate of drug-likeness (QED) is 0.332. The Hall–Kier alpha value is -2.27. The van der Waals surface area contributed by atoms with Crippen molar-refractivity contribution in [1.82, 2.24) is 0 Å². The van der Waals surface area contributed by atoms with Crippen molar-refractivity contribution in [2.24, 2.45) is 0 Å². The van der Waals surface area contributed by atoms with Gasteiger partial charge in [0.2, 0.25) is 0 Å². The van der Waals surface area contributed by atoms with Crippen LogP contribution < -0.4 is 13.9 Å². The molecule has 27 heavy (non-hydrogen) atoms. The van der Waals surface area contributed by atoms with Gasteiger partial charge in [0.1, 0.15) is 17.2 Å². The standard InChI is InChI=1S/C22H30O4Si/c1-9-10-17(23)15-13-16-18(24-5)11-12-19(25-6)21(16)20(14-15)26-27(7,8)22(2,3)4/h9,11-14H,1,10H2,2-8H3. The Bertz CT molecular complexity index is 863. The van der Waals surface area contributed by atoms with Crippen molar-refractivity contribution >= 4 is 24.9 Å². The third-order valence-electron chi connectivity index (χ3n) is 5.26. The number of hydrogen-bond acceptors (Lipinski definition) is 4. The number of ether oxygens (including phenoxy) is 2. The van der Waals surface area contributed by atoms with E-state index in [4.69, 9.17) is 13.9 Å². The minimum atomic E-state index is -2.13. The number of methoxy groups -OCH3 is 2. The van der Waals surface area contributed by atoms with Crippen LogP contribution in [-0.4, -0.2) is 28.3 Å². The molecule has 0 bridgehead atoms. The van der Waals surface area contributed by atoms with Crippen LogP contribution in [-0.2, 0) is 0 Å². The lowest BCUT2D eigenvalue weighted by Crippen LogP contribution is -2.43. The van der Waals surface area contributed by atoms with Crippen molar-refractivity contribution in [1.29, 1.82) is 0 Å². The van der Waals surface area contributed by atoms with Crippen LogP contribution in [0.1, 0.15) is 37.6 Å². The number of Topliss-reactive ketones (excluding diaryl/α,β-unsaturated/α-hetero) is 1. The monoisotopic (exact) mass is 386 g/mol. The number of allylic oxidation sites excluding steroid dienone is 1. The molecular formula is C22H30O4Si. The van der Waals surface area contributed by atoms with Gasteiger partial charge in [-0.05, 0) is 42.4 Å². The molecule has 0 saturated carbocycles. The van der Waals surface area contributed by atoms with E-state index in [1.54, 1.807) is 20.3 Å². The van der Waals surface area contributed by atoms with Crippen LogP contribution in [0.5, 0.6) is 17.2 Å². The summed E-state index contributed by atoms with van der Waals surface area (Å²) in [6.07, 6.45) is 1.89.